The highest BCUT2D eigenvalue weighted by Gasteiger charge is 2.33. The molecule has 0 aliphatic carbocycles. The third kappa shape index (κ3) is 7.99. The van der Waals surface area contributed by atoms with Gasteiger partial charge < -0.3 is 15.0 Å². The lowest BCUT2D eigenvalue weighted by Crippen LogP contribution is -2.53. The first kappa shape index (κ1) is 24.1. The van der Waals surface area contributed by atoms with Gasteiger partial charge in [0.1, 0.15) is 12.5 Å². The summed E-state index contributed by atoms with van der Waals surface area (Å²) in [5.41, 5.74) is 0. The minimum absolute atomic E-state index is 0.118. The highest BCUT2D eigenvalue weighted by Crippen LogP contribution is 2.19. The lowest BCUT2D eigenvalue weighted by molar-refractivity contribution is -0.147. The third-order valence-electron chi connectivity index (χ3n) is 3.58. The summed E-state index contributed by atoms with van der Waals surface area (Å²) in [6.45, 7) is 9.50. The van der Waals surface area contributed by atoms with E-state index >= 15 is 0 Å². The van der Waals surface area contributed by atoms with Crippen LogP contribution in [-0.4, -0.2) is 64.6 Å². The Morgan fingerprint density at radius 1 is 1.04 bits per heavy atom. The predicted molar refractivity (Wildman–Crippen MR) is 98.5 cm³/mol. The number of ether oxygens (including phenoxy) is 1. The summed E-state index contributed by atoms with van der Waals surface area (Å²) in [5, 5.41) is 1.11. The van der Waals surface area contributed by atoms with Crippen LogP contribution in [0.4, 0.5) is 0 Å². The number of hydrogen-bond acceptors (Lipinski definition) is 7. The standard InChI is InChI=1S/C17H28N2O6S/c1-6-13(21)18-15(16(23)19(7-2)8-3)11(5)26-17(24)12(20)10-14(22)25-9-4/h11,15H,6-10H2,1-5H3,(H,18,21). The van der Waals surface area contributed by atoms with Gasteiger partial charge in [0.15, 0.2) is 0 Å². The maximum Gasteiger partial charge on any atom is 0.313 e. The van der Waals surface area contributed by atoms with Crippen molar-refractivity contribution in [2.75, 3.05) is 19.7 Å². The Morgan fingerprint density at radius 3 is 2.08 bits per heavy atom. The molecule has 2 unspecified atom stereocenters. The molecule has 0 aromatic carbocycles. The van der Waals surface area contributed by atoms with Crippen molar-refractivity contribution in [2.24, 2.45) is 0 Å². The highest BCUT2D eigenvalue weighted by atomic mass is 32.2. The molecular formula is C17H28N2O6S. The first-order valence-electron chi connectivity index (χ1n) is 8.69. The molecule has 0 aromatic heterocycles. The number of nitrogens with zero attached hydrogens (tertiary/aromatic N) is 1. The Balaban J connectivity index is 5.10. The summed E-state index contributed by atoms with van der Waals surface area (Å²) in [5.74, 6) is -2.30. The summed E-state index contributed by atoms with van der Waals surface area (Å²) >= 11 is 0.637. The number of rotatable bonds is 11. The highest BCUT2D eigenvalue weighted by molar-refractivity contribution is 8.16. The Labute approximate surface area is 158 Å². The molecule has 9 heteroatoms. The SMILES string of the molecule is CCOC(=O)CC(=O)C(=O)SC(C)C(NC(=O)CC)C(=O)N(CC)CC. The maximum atomic E-state index is 12.6. The quantitative estimate of drug-likeness (QED) is 0.318. The van der Waals surface area contributed by atoms with Gasteiger partial charge in [-0.2, -0.15) is 0 Å². The van der Waals surface area contributed by atoms with E-state index in [1.165, 1.54) is 0 Å². The van der Waals surface area contributed by atoms with E-state index in [1.54, 1.807) is 25.7 Å². The monoisotopic (exact) mass is 388 g/mol. The second-order valence-corrected chi connectivity index (χ2v) is 6.77. The van der Waals surface area contributed by atoms with Crippen molar-refractivity contribution in [1.82, 2.24) is 10.2 Å². The summed E-state index contributed by atoms with van der Waals surface area (Å²) in [6, 6.07) is -0.938. The number of Topliss-reactive ketones (excluding diaryl/α,β-unsaturated/α-hetero) is 1. The van der Waals surface area contributed by atoms with Gasteiger partial charge in [0, 0.05) is 24.8 Å². The molecule has 1 N–H and O–H groups in total. The van der Waals surface area contributed by atoms with Crippen LogP contribution in [0.1, 0.15) is 47.5 Å². The fourth-order valence-corrected chi connectivity index (χ4v) is 2.97. The number of nitrogens with one attached hydrogen (secondary N) is 1. The number of hydrogen-bond donors (Lipinski definition) is 1. The van der Waals surface area contributed by atoms with E-state index in [4.69, 9.17) is 0 Å². The van der Waals surface area contributed by atoms with E-state index in [2.05, 4.69) is 10.1 Å². The van der Waals surface area contributed by atoms with E-state index in [0.29, 0.717) is 24.9 Å². The van der Waals surface area contributed by atoms with Crippen molar-refractivity contribution in [3.8, 4) is 0 Å². The van der Waals surface area contributed by atoms with Crippen molar-refractivity contribution in [1.29, 1.82) is 0 Å². The van der Waals surface area contributed by atoms with Gasteiger partial charge in [0.2, 0.25) is 17.6 Å². The van der Waals surface area contributed by atoms with E-state index in [-0.39, 0.29) is 24.8 Å². The van der Waals surface area contributed by atoms with Crippen molar-refractivity contribution in [2.45, 2.75) is 58.8 Å². The number of esters is 1. The van der Waals surface area contributed by atoms with Crippen molar-refractivity contribution < 1.29 is 28.7 Å². The van der Waals surface area contributed by atoms with Gasteiger partial charge >= 0.3 is 5.97 Å². The number of thioether (sulfide) groups is 1. The maximum absolute atomic E-state index is 12.6. The van der Waals surface area contributed by atoms with Crippen LogP contribution in [-0.2, 0) is 28.7 Å². The van der Waals surface area contributed by atoms with Gasteiger partial charge in [-0.25, -0.2) is 0 Å². The van der Waals surface area contributed by atoms with Crippen LogP contribution >= 0.6 is 11.8 Å². The Bertz CT molecular complexity index is 533. The zero-order chi connectivity index (χ0) is 20.3. The van der Waals surface area contributed by atoms with E-state index in [9.17, 15) is 24.0 Å². The molecule has 8 nitrogen and oxygen atoms in total. The normalized spacial score (nSPS) is 12.7. The van der Waals surface area contributed by atoms with Gasteiger partial charge in [-0.05, 0) is 20.8 Å². The molecule has 0 aliphatic heterocycles. The van der Waals surface area contributed by atoms with Crippen LogP contribution in [0.2, 0.25) is 0 Å². The topological polar surface area (TPSA) is 110 Å². The zero-order valence-corrected chi connectivity index (χ0v) is 16.8. The van der Waals surface area contributed by atoms with Gasteiger partial charge in [-0.1, -0.05) is 25.6 Å². The first-order chi connectivity index (χ1) is 12.2. The largest absolute Gasteiger partial charge is 0.466 e. The molecule has 0 bridgehead atoms. The lowest BCUT2D eigenvalue weighted by atomic mass is 10.1. The molecule has 148 valence electrons. The number of likely N-dealkylation sites (N-methyl/N-ethyl adjacent to an activating group) is 1. The fourth-order valence-electron chi connectivity index (χ4n) is 2.11. The number of carbonyl (C=O) groups is 5. The fraction of sp³-hybridized carbons (Fsp3) is 0.706. The van der Waals surface area contributed by atoms with Crippen LogP contribution < -0.4 is 5.32 Å². The Morgan fingerprint density at radius 2 is 1.62 bits per heavy atom. The average molecular weight is 388 g/mol. The summed E-state index contributed by atoms with van der Waals surface area (Å²) in [6.07, 6.45) is -0.447. The van der Waals surface area contributed by atoms with Gasteiger partial charge in [0.05, 0.1) is 6.61 Å². The molecular weight excluding hydrogens is 360 g/mol. The molecule has 0 aromatic rings. The number of amides is 2. The summed E-state index contributed by atoms with van der Waals surface area (Å²) in [7, 11) is 0. The molecule has 0 heterocycles. The Hall–Kier alpha value is -1.90. The van der Waals surface area contributed by atoms with Crippen LogP contribution in [0.3, 0.4) is 0 Å². The second-order valence-electron chi connectivity index (χ2n) is 5.42. The molecule has 0 saturated carbocycles. The van der Waals surface area contributed by atoms with Crippen LogP contribution in [0.15, 0.2) is 0 Å². The molecule has 0 radical (unpaired) electrons. The zero-order valence-electron chi connectivity index (χ0n) is 16.0. The minimum Gasteiger partial charge on any atom is -0.466 e. The minimum atomic E-state index is -0.938. The molecule has 0 saturated heterocycles. The Kier molecular flexibility index (Phi) is 11.5. The molecule has 0 fully saturated rings. The molecule has 26 heavy (non-hydrogen) atoms. The van der Waals surface area contributed by atoms with E-state index in [1.807, 2.05) is 13.8 Å². The molecule has 0 spiro atoms. The van der Waals surface area contributed by atoms with E-state index < -0.39 is 34.6 Å². The average Bonchev–Trinajstić information content (AvgIpc) is 2.60. The van der Waals surface area contributed by atoms with E-state index in [0.717, 1.165) is 0 Å². The smallest absolute Gasteiger partial charge is 0.313 e. The number of ketones is 1. The van der Waals surface area contributed by atoms with Crippen LogP contribution in [0.5, 0.6) is 0 Å². The van der Waals surface area contributed by atoms with Crippen LogP contribution in [0.25, 0.3) is 0 Å². The molecule has 0 aliphatic rings. The van der Waals surface area contributed by atoms with Gasteiger partial charge in [0.25, 0.3) is 5.12 Å². The van der Waals surface area contributed by atoms with Gasteiger partial charge in [-0.15, -0.1) is 0 Å². The second kappa shape index (κ2) is 12.5. The molecule has 0 rings (SSSR count). The summed E-state index contributed by atoms with van der Waals surface area (Å²) < 4.78 is 4.64. The number of carbonyl (C=O) groups excluding carboxylic acids is 5. The predicted octanol–water partition coefficient (Wildman–Crippen LogP) is 0.920. The van der Waals surface area contributed by atoms with Crippen molar-refractivity contribution in [3.05, 3.63) is 0 Å². The van der Waals surface area contributed by atoms with Crippen molar-refractivity contribution >= 4 is 40.4 Å². The lowest BCUT2D eigenvalue weighted by Gasteiger charge is -2.29. The van der Waals surface area contributed by atoms with Crippen LogP contribution in [0, 0.1) is 0 Å². The molecule has 2 amide bonds. The first-order valence-corrected chi connectivity index (χ1v) is 9.57. The molecule has 2 atom stereocenters. The summed E-state index contributed by atoms with van der Waals surface area (Å²) in [4.78, 5) is 61.1. The van der Waals surface area contributed by atoms with Crippen molar-refractivity contribution in [3.63, 3.8) is 0 Å². The van der Waals surface area contributed by atoms with Gasteiger partial charge in [-0.3, -0.25) is 24.0 Å². The third-order valence-corrected chi connectivity index (χ3v) is 4.66.